The molecule has 0 saturated heterocycles. The second-order valence-electron chi connectivity index (χ2n) is 7.95. The van der Waals surface area contributed by atoms with Gasteiger partial charge in [0.15, 0.2) is 5.43 Å². The van der Waals surface area contributed by atoms with Crippen LogP contribution in [0, 0.1) is 20.8 Å². The van der Waals surface area contributed by atoms with Crippen LogP contribution in [0.25, 0.3) is 11.3 Å². The minimum Gasteiger partial charge on any atom is -0.340 e. The average Bonchev–Trinajstić information content (AvgIpc) is 2.77. The number of aryl methyl sites for hydroxylation is 3. The Balaban J connectivity index is 1.92. The van der Waals surface area contributed by atoms with E-state index in [0.29, 0.717) is 17.9 Å². The van der Waals surface area contributed by atoms with Gasteiger partial charge in [-0.05, 0) is 61.7 Å². The molecule has 0 bridgehead atoms. The van der Waals surface area contributed by atoms with Crippen molar-refractivity contribution in [3.8, 4) is 11.3 Å². The highest BCUT2D eigenvalue weighted by Crippen LogP contribution is 2.26. The summed E-state index contributed by atoms with van der Waals surface area (Å²) in [6.07, 6.45) is 3.48. The Bertz CT molecular complexity index is 1340. The summed E-state index contributed by atoms with van der Waals surface area (Å²) in [4.78, 5) is 30.7. The summed E-state index contributed by atoms with van der Waals surface area (Å²) < 4.78 is 2.03. The number of carbonyl (C=O) groups is 1. The van der Waals surface area contributed by atoms with Crippen LogP contribution >= 0.6 is 0 Å². The average molecular weight is 424 g/mol. The molecular weight excluding hydrogens is 398 g/mol. The van der Waals surface area contributed by atoms with Crippen molar-refractivity contribution in [3.05, 3.63) is 117 Å². The van der Waals surface area contributed by atoms with Crippen molar-refractivity contribution in [2.24, 2.45) is 0 Å². The van der Waals surface area contributed by atoms with Crippen molar-refractivity contribution >= 4 is 11.6 Å². The summed E-state index contributed by atoms with van der Waals surface area (Å²) in [7, 11) is 0. The number of aromatic nitrogens is 2. The number of benzene rings is 2. The smallest absolute Gasteiger partial charge is 0.261 e. The fraction of sp³-hybridized carbons (Fsp3) is 0.148. The topological polar surface area (TPSA) is 64.0 Å². The molecule has 1 N–H and O–H groups in total. The van der Waals surface area contributed by atoms with Gasteiger partial charge in [-0.1, -0.05) is 42.0 Å². The number of anilines is 1. The molecule has 0 spiro atoms. The number of pyridine rings is 2. The maximum atomic E-state index is 13.4. The van der Waals surface area contributed by atoms with Crippen molar-refractivity contribution < 1.29 is 4.79 Å². The maximum absolute atomic E-state index is 13.4. The van der Waals surface area contributed by atoms with Crippen LogP contribution < -0.4 is 10.7 Å². The van der Waals surface area contributed by atoms with E-state index in [-0.39, 0.29) is 11.0 Å². The minimum atomic E-state index is -0.413. The predicted molar refractivity (Wildman–Crippen MR) is 128 cm³/mol. The van der Waals surface area contributed by atoms with E-state index in [0.717, 1.165) is 27.9 Å². The fourth-order valence-corrected chi connectivity index (χ4v) is 3.85. The third-order valence-corrected chi connectivity index (χ3v) is 5.52. The molecule has 1 amide bonds. The zero-order chi connectivity index (χ0) is 22.7. The van der Waals surface area contributed by atoms with E-state index >= 15 is 0 Å². The molecule has 32 heavy (non-hydrogen) atoms. The number of carbonyl (C=O) groups excluding carboxylic acids is 1. The van der Waals surface area contributed by atoms with Crippen molar-refractivity contribution in [2.75, 3.05) is 5.32 Å². The summed E-state index contributed by atoms with van der Waals surface area (Å²) >= 11 is 0. The molecule has 4 rings (SSSR count). The second-order valence-corrected chi connectivity index (χ2v) is 7.95. The lowest BCUT2D eigenvalue weighted by Gasteiger charge is -2.21. The Labute approximate surface area is 187 Å². The number of hydrogen-bond acceptors (Lipinski definition) is 3. The third-order valence-electron chi connectivity index (χ3n) is 5.52. The van der Waals surface area contributed by atoms with E-state index in [9.17, 15) is 9.59 Å². The molecule has 0 fully saturated rings. The molecule has 5 heteroatoms. The molecule has 0 atom stereocenters. The lowest BCUT2D eigenvalue weighted by molar-refractivity contribution is 0.102. The normalized spacial score (nSPS) is 10.7. The van der Waals surface area contributed by atoms with Gasteiger partial charge >= 0.3 is 0 Å². The van der Waals surface area contributed by atoms with Gasteiger partial charge in [0.1, 0.15) is 5.56 Å². The van der Waals surface area contributed by atoms with Gasteiger partial charge in [-0.2, -0.15) is 0 Å². The molecule has 0 unspecified atom stereocenters. The minimum absolute atomic E-state index is 0.138. The van der Waals surface area contributed by atoms with Crippen LogP contribution in [0.3, 0.4) is 0 Å². The largest absolute Gasteiger partial charge is 0.340 e. The van der Waals surface area contributed by atoms with Gasteiger partial charge < -0.3 is 9.88 Å². The van der Waals surface area contributed by atoms with Crippen molar-refractivity contribution in [2.45, 2.75) is 27.3 Å². The monoisotopic (exact) mass is 423 g/mol. The molecule has 0 aliphatic carbocycles. The highest BCUT2D eigenvalue weighted by molar-refractivity contribution is 6.08. The van der Waals surface area contributed by atoms with Crippen LogP contribution in [0.15, 0.2) is 83.9 Å². The maximum Gasteiger partial charge on any atom is 0.261 e. The first kappa shape index (κ1) is 21.2. The van der Waals surface area contributed by atoms with E-state index in [1.165, 1.54) is 6.07 Å². The number of amides is 1. The van der Waals surface area contributed by atoms with Crippen molar-refractivity contribution in [3.63, 3.8) is 0 Å². The Hall–Kier alpha value is -3.99. The molecule has 2 aromatic carbocycles. The summed E-state index contributed by atoms with van der Waals surface area (Å²) in [5, 5.41) is 2.94. The molecule has 0 aliphatic rings. The first-order chi connectivity index (χ1) is 15.4. The third kappa shape index (κ3) is 4.37. The Morgan fingerprint density at radius 1 is 0.938 bits per heavy atom. The quantitative estimate of drug-likeness (QED) is 0.484. The van der Waals surface area contributed by atoms with Gasteiger partial charge in [0.05, 0.1) is 5.69 Å². The first-order valence-corrected chi connectivity index (χ1v) is 10.5. The zero-order valence-corrected chi connectivity index (χ0v) is 18.4. The van der Waals surface area contributed by atoms with E-state index in [2.05, 4.69) is 10.3 Å². The Morgan fingerprint density at radius 3 is 2.41 bits per heavy atom. The van der Waals surface area contributed by atoms with Gasteiger partial charge in [-0.25, -0.2) is 0 Å². The number of nitrogens with zero attached hydrogens (tertiary/aromatic N) is 2. The summed E-state index contributed by atoms with van der Waals surface area (Å²) in [5.41, 5.74) is 5.78. The van der Waals surface area contributed by atoms with Gasteiger partial charge in [-0.3, -0.25) is 14.6 Å². The highest BCUT2D eigenvalue weighted by Gasteiger charge is 2.22. The second kappa shape index (κ2) is 9.02. The summed E-state index contributed by atoms with van der Waals surface area (Å²) in [6, 6.07) is 20.8. The standard InChI is InChI=1S/C27H25N3O2/c1-18-7-6-9-22(15-18)26-25(27(32)29-23-10-5-4-8-19(23)2)24(31)16-20(3)30(26)17-21-11-13-28-14-12-21/h4-16H,17H2,1-3H3,(H,29,32). The molecule has 0 aliphatic heterocycles. The van der Waals surface area contributed by atoms with Gasteiger partial charge in [0.2, 0.25) is 0 Å². The highest BCUT2D eigenvalue weighted by atomic mass is 16.2. The Kier molecular flexibility index (Phi) is 5.99. The molecular formula is C27H25N3O2. The predicted octanol–water partition coefficient (Wildman–Crippen LogP) is 5.14. The Morgan fingerprint density at radius 2 is 1.69 bits per heavy atom. The molecule has 160 valence electrons. The molecule has 0 saturated carbocycles. The van der Waals surface area contributed by atoms with Gasteiger partial charge in [0, 0.05) is 36.4 Å². The zero-order valence-electron chi connectivity index (χ0n) is 18.4. The van der Waals surface area contributed by atoms with Crippen LogP contribution in [0.5, 0.6) is 0 Å². The molecule has 5 nitrogen and oxygen atoms in total. The van der Waals surface area contributed by atoms with E-state index < -0.39 is 5.91 Å². The molecule has 4 aromatic rings. The van der Waals surface area contributed by atoms with E-state index in [4.69, 9.17) is 0 Å². The number of para-hydroxylation sites is 1. The van der Waals surface area contributed by atoms with Crippen LogP contribution in [0.1, 0.15) is 32.7 Å². The molecule has 0 radical (unpaired) electrons. The molecule has 2 heterocycles. The summed E-state index contributed by atoms with van der Waals surface area (Å²) in [6.45, 7) is 6.33. The van der Waals surface area contributed by atoms with Gasteiger partial charge in [-0.15, -0.1) is 0 Å². The lowest BCUT2D eigenvalue weighted by Crippen LogP contribution is -2.27. The summed E-state index contributed by atoms with van der Waals surface area (Å²) in [5.74, 6) is -0.413. The van der Waals surface area contributed by atoms with E-state index in [1.807, 2.05) is 86.0 Å². The lowest BCUT2D eigenvalue weighted by atomic mass is 10.0. The number of rotatable bonds is 5. The van der Waals surface area contributed by atoms with Crippen LogP contribution in [-0.4, -0.2) is 15.5 Å². The van der Waals surface area contributed by atoms with Crippen molar-refractivity contribution in [1.29, 1.82) is 0 Å². The SMILES string of the molecule is Cc1cccc(-c2c(C(=O)Nc3ccccc3C)c(=O)cc(C)n2Cc2ccncc2)c1. The van der Waals surface area contributed by atoms with Gasteiger partial charge in [0.25, 0.3) is 5.91 Å². The van der Waals surface area contributed by atoms with Crippen LogP contribution in [0.2, 0.25) is 0 Å². The van der Waals surface area contributed by atoms with Crippen molar-refractivity contribution in [1.82, 2.24) is 9.55 Å². The van der Waals surface area contributed by atoms with E-state index in [1.54, 1.807) is 12.4 Å². The first-order valence-electron chi connectivity index (χ1n) is 10.5. The molecule has 2 aromatic heterocycles. The number of hydrogen-bond donors (Lipinski definition) is 1. The number of nitrogens with one attached hydrogen (secondary N) is 1. The van der Waals surface area contributed by atoms with Crippen LogP contribution in [0.4, 0.5) is 5.69 Å². The fourth-order valence-electron chi connectivity index (χ4n) is 3.85. The van der Waals surface area contributed by atoms with Crippen LogP contribution in [-0.2, 0) is 6.54 Å².